The monoisotopic (exact) mass is 381 g/mol. The number of halogens is 3. The number of amides is 2. The lowest BCUT2D eigenvalue weighted by atomic mass is 10.2. The summed E-state index contributed by atoms with van der Waals surface area (Å²) in [4.78, 5) is 24.0. The van der Waals surface area contributed by atoms with Gasteiger partial charge >= 0.3 is 6.18 Å². The zero-order chi connectivity index (χ0) is 19.9. The third kappa shape index (κ3) is 5.91. The Labute approximate surface area is 153 Å². The molecule has 0 spiro atoms. The molecule has 9 heteroatoms. The van der Waals surface area contributed by atoms with Gasteiger partial charge in [0, 0.05) is 0 Å². The van der Waals surface area contributed by atoms with Crippen molar-refractivity contribution in [3.05, 3.63) is 59.7 Å². The van der Waals surface area contributed by atoms with Gasteiger partial charge < -0.3 is 10.1 Å². The fourth-order valence-electron chi connectivity index (χ4n) is 2.15. The minimum atomic E-state index is -4.48. The third-order valence-electron chi connectivity index (χ3n) is 3.38. The van der Waals surface area contributed by atoms with Gasteiger partial charge in [0.1, 0.15) is 5.75 Å². The molecule has 2 aromatic carbocycles. The highest BCUT2D eigenvalue weighted by atomic mass is 19.4. The molecule has 0 aliphatic carbocycles. The Morgan fingerprint density at radius 3 is 2.52 bits per heavy atom. The van der Waals surface area contributed by atoms with Gasteiger partial charge in [-0.05, 0) is 37.3 Å². The Hall–Kier alpha value is -3.23. The molecule has 0 aliphatic rings. The predicted molar refractivity (Wildman–Crippen MR) is 93.2 cm³/mol. The van der Waals surface area contributed by atoms with Gasteiger partial charge in [0.2, 0.25) is 0 Å². The first-order valence-corrected chi connectivity index (χ1v) is 8.03. The number of hydrogen-bond donors (Lipinski definition) is 3. The van der Waals surface area contributed by atoms with Crippen LogP contribution >= 0.6 is 0 Å². The molecule has 0 saturated carbocycles. The van der Waals surface area contributed by atoms with E-state index in [-0.39, 0.29) is 17.8 Å². The summed E-state index contributed by atoms with van der Waals surface area (Å²) in [6.07, 6.45) is -4.48. The van der Waals surface area contributed by atoms with Crippen LogP contribution in [0.1, 0.15) is 22.8 Å². The van der Waals surface area contributed by atoms with Crippen molar-refractivity contribution in [2.75, 3.05) is 18.6 Å². The summed E-state index contributed by atoms with van der Waals surface area (Å²) in [6, 6.07) is 10.9. The summed E-state index contributed by atoms with van der Waals surface area (Å²) in [6.45, 7) is 1.79. The first kappa shape index (κ1) is 20.1. The van der Waals surface area contributed by atoms with Crippen molar-refractivity contribution in [1.29, 1.82) is 0 Å². The first-order valence-electron chi connectivity index (χ1n) is 8.03. The van der Waals surface area contributed by atoms with Gasteiger partial charge in [-0.25, -0.2) is 0 Å². The molecule has 0 fully saturated rings. The summed E-state index contributed by atoms with van der Waals surface area (Å²) in [5, 5.41) is 2.42. The molecular formula is C18H18F3N3O3. The minimum Gasteiger partial charge on any atom is -0.493 e. The van der Waals surface area contributed by atoms with E-state index in [2.05, 4.69) is 16.2 Å². The lowest BCUT2D eigenvalue weighted by molar-refractivity contribution is -0.137. The van der Waals surface area contributed by atoms with E-state index < -0.39 is 23.6 Å². The van der Waals surface area contributed by atoms with Gasteiger partial charge in [0.25, 0.3) is 11.8 Å². The number of anilines is 1. The van der Waals surface area contributed by atoms with E-state index in [1.54, 1.807) is 31.2 Å². The second-order valence-corrected chi connectivity index (χ2v) is 5.36. The Balaban J connectivity index is 1.87. The lowest BCUT2D eigenvalue weighted by Gasteiger charge is -2.12. The van der Waals surface area contributed by atoms with Crippen molar-refractivity contribution < 1.29 is 27.5 Å². The molecule has 0 saturated heterocycles. The molecule has 144 valence electrons. The van der Waals surface area contributed by atoms with Crippen LogP contribution in [-0.4, -0.2) is 25.0 Å². The molecule has 0 atom stereocenters. The van der Waals surface area contributed by atoms with Crippen LogP contribution in [0.3, 0.4) is 0 Å². The Morgan fingerprint density at radius 1 is 1.07 bits per heavy atom. The highest BCUT2D eigenvalue weighted by Gasteiger charge is 2.30. The van der Waals surface area contributed by atoms with Gasteiger partial charge in [0.15, 0.2) is 0 Å². The average molecular weight is 381 g/mol. The Morgan fingerprint density at radius 2 is 1.81 bits per heavy atom. The van der Waals surface area contributed by atoms with E-state index >= 15 is 0 Å². The second kappa shape index (κ2) is 8.93. The molecule has 0 unspecified atom stereocenters. The Bertz CT molecular complexity index is 810. The number of hydrazine groups is 1. The number of rotatable bonds is 7. The molecule has 6 nitrogen and oxygen atoms in total. The molecule has 0 radical (unpaired) electrons. The van der Waals surface area contributed by atoms with Crippen LogP contribution in [0.2, 0.25) is 0 Å². The fourth-order valence-corrected chi connectivity index (χ4v) is 2.15. The van der Waals surface area contributed by atoms with Gasteiger partial charge in [-0.15, -0.1) is 0 Å². The molecule has 0 bridgehead atoms. The van der Waals surface area contributed by atoms with Gasteiger partial charge in [0.05, 0.1) is 30.0 Å². The molecule has 2 rings (SSSR count). The molecule has 0 heterocycles. The summed E-state index contributed by atoms with van der Waals surface area (Å²) >= 11 is 0. The maximum absolute atomic E-state index is 12.7. The molecule has 0 aliphatic heterocycles. The zero-order valence-electron chi connectivity index (χ0n) is 14.4. The quantitative estimate of drug-likeness (QED) is 0.645. The number of nitrogens with one attached hydrogen (secondary N) is 3. The first-order chi connectivity index (χ1) is 12.8. The molecule has 2 aromatic rings. The van der Waals surface area contributed by atoms with Crippen LogP contribution in [-0.2, 0) is 11.0 Å². The lowest BCUT2D eigenvalue weighted by Crippen LogP contribution is -2.39. The van der Waals surface area contributed by atoms with Gasteiger partial charge in [-0.2, -0.15) is 13.2 Å². The zero-order valence-corrected chi connectivity index (χ0v) is 14.4. The van der Waals surface area contributed by atoms with Crippen molar-refractivity contribution in [3.8, 4) is 5.75 Å². The highest BCUT2D eigenvalue weighted by Crippen LogP contribution is 2.30. The fraction of sp³-hybridized carbons (Fsp3) is 0.222. The van der Waals surface area contributed by atoms with Crippen LogP contribution in [0.25, 0.3) is 0 Å². The minimum absolute atomic E-state index is 0.0613. The average Bonchev–Trinajstić information content (AvgIpc) is 2.64. The third-order valence-corrected chi connectivity index (χ3v) is 3.38. The normalized spacial score (nSPS) is 10.8. The number of carbonyl (C=O) groups is 2. The maximum atomic E-state index is 12.7. The Kier molecular flexibility index (Phi) is 6.64. The van der Waals surface area contributed by atoms with Crippen LogP contribution in [0, 0.1) is 0 Å². The number of carbonyl (C=O) groups excluding carboxylic acids is 2. The van der Waals surface area contributed by atoms with E-state index in [0.29, 0.717) is 12.4 Å². The van der Waals surface area contributed by atoms with Crippen LogP contribution in [0.4, 0.5) is 18.9 Å². The van der Waals surface area contributed by atoms with Crippen molar-refractivity contribution in [2.45, 2.75) is 13.1 Å². The van der Waals surface area contributed by atoms with Gasteiger partial charge in [-0.3, -0.25) is 20.4 Å². The number of hydrogen-bond acceptors (Lipinski definition) is 4. The number of benzene rings is 2. The van der Waals surface area contributed by atoms with E-state index in [1.165, 1.54) is 12.1 Å². The highest BCUT2D eigenvalue weighted by molar-refractivity contribution is 5.98. The van der Waals surface area contributed by atoms with Crippen molar-refractivity contribution in [2.24, 2.45) is 0 Å². The number of ether oxygens (including phenoxy) is 1. The van der Waals surface area contributed by atoms with E-state index in [1.807, 2.05) is 0 Å². The van der Waals surface area contributed by atoms with Crippen LogP contribution in [0.5, 0.6) is 5.75 Å². The van der Waals surface area contributed by atoms with Crippen molar-refractivity contribution >= 4 is 17.5 Å². The van der Waals surface area contributed by atoms with Crippen LogP contribution in [0.15, 0.2) is 48.5 Å². The smallest absolute Gasteiger partial charge is 0.416 e. The summed E-state index contributed by atoms with van der Waals surface area (Å²) in [5.74, 6) is -0.747. The van der Waals surface area contributed by atoms with Crippen LogP contribution < -0.4 is 20.9 Å². The van der Waals surface area contributed by atoms with E-state index in [9.17, 15) is 22.8 Å². The van der Waals surface area contributed by atoms with E-state index in [0.717, 1.165) is 12.1 Å². The van der Waals surface area contributed by atoms with Crippen molar-refractivity contribution in [3.63, 3.8) is 0 Å². The molecule has 2 amide bonds. The summed E-state index contributed by atoms with van der Waals surface area (Å²) in [5.41, 5.74) is 4.09. The SMILES string of the molecule is CCOc1ccccc1C(=O)NCC(=O)NNc1cccc(C(F)(F)F)c1. The standard InChI is InChI=1S/C18H18F3N3O3/c1-2-27-15-9-4-3-8-14(15)17(26)22-11-16(25)24-23-13-7-5-6-12(10-13)18(19,20)21/h3-10,23H,2,11H2,1H3,(H,22,26)(H,24,25). The molecule has 27 heavy (non-hydrogen) atoms. The largest absolute Gasteiger partial charge is 0.493 e. The van der Waals surface area contributed by atoms with Gasteiger partial charge in [-0.1, -0.05) is 18.2 Å². The molecule has 3 N–H and O–H groups in total. The summed E-state index contributed by atoms with van der Waals surface area (Å²) < 4.78 is 43.3. The molecular weight excluding hydrogens is 363 g/mol. The molecule has 0 aromatic heterocycles. The topological polar surface area (TPSA) is 79.5 Å². The number of alkyl halides is 3. The maximum Gasteiger partial charge on any atom is 0.416 e. The summed E-state index contributed by atoms with van der Waals surface area (Å²) in [7, 11) is 0. The van der Waals surface area contributed by atoms with Crippen molar-refractivity contribution in [1.82, 2.24) is 10.7 Å². The second-order valence-electron chi connectivity index (χ2n) is 5.36. The van der Waals surface area contributed by atoms with E-state index in [4.69, 9.17) is 4.74 Å². The number of para-hydroxylation sites is 1. The predicted octanol–water partition coefficient (Wildman–Crippen LogP) is 2.98.